The van der Waals surface area contributed by atoms with Crippen LogP contribution in [0.4, 0.5) is 30.2 Å². The van der Waals surface area contributed by atoms with Gasteiger partial charge in [0.1, 0.15) is 17.5 Å². The molecular weight excluding hydrogens is 323 g/mol. The summed E-state index contributed by atoms with van der Waals surface area (Å²) < 4.78 is 40.2. The summed E-state index contributed by atoms with van der Waals surface area (Å²) in [6, 6.07) is 4.68. The fraction of sp³-hybridized carbons (Fsp3) is 0. The maximum atomic E-state index is 13.6. The van der Waals surface area contributed by atoms with Gasteiger partial charge in [-0.25, -0.2) is 13.2 Å². The molecule has 0 heterocycles. The van der Waals surface area contributed by atoms with Gasteiger partial charge in [-0.15, -0.1) is 0 Å². The van der Waals surface area contributed by atoms with Crippen LogP contribution < -0.4 is 16.4 Å². The molecule has 0 saturated carbocycles. The van der Waals surface area contributed by atoms with Crippen molar-refractivity contribution in [2.24, 2.45) is 0 Å². The van der Waals surface area contributed by atoms with Gasteiger partial charge in [-0.3, -0.25) is 9.59 Å². The summed E-state index contributed by atoms with van der Waals surface area (Å²) in [7, 11) is 0. The zero-order valence-electron chi connectivity index (χ0n) is 12.2. The molecule has 0 aromatic heterocycles. The number of nitrogens with one attached hydrogen (secondary N) is 2. The van der Waals surface area contributed by atoms with E-state index >= 15 is 0 Å². The lowest BCUT2D eigenvalue weighted by Crippen LogP contribution is -2.16. The van der Waals surface area contributed by atoms with Gasteiger partial charge in [-0.05, 0) is 30.3 Å². The fourth-order valence-corrected chi connectivity index (χ4v) is 1.85. The Morgan fingerprint density at radius 2 is 1.75 bits per heavy atom. The molecule has 2 aromatic carbocycles. The van der Waals surface area contributed by atoms with Crippen LogP contribution in [-0.2, 0) is 4.79 Å². The smallest absolute Gasteiger partial charge is 0.257 e. The Morgan fingerprint density at radius 1 is 1.04 bits per heavy atom. The number of carbonyl (C=O) groups is 2. The molecule has 24 heavy (non-hydrogen) atoms. The van der Waals surface area contributed by atoms with Crippen LogP contribution in [0.1, 0.15) is 10.4 Å². The molecule has 0 unspecified atom stereocenters. The number of amides is 2. The molecule has 2 aromatic rings. The molecule has 0 aliphatic carbocycles. The van der Waals surface area contributed by atoms with Crippen LogP contribution in [-0.4, -0.2) is 11.8 Å². The molecule has 124 valence electrons. The lowest BCUT2D eigenvalue weighted by Gasteiger charge is -2.10. The van der Waals surface area contributed by atoms with Gasteiger partial charge in [0, 0.05) is 11.8 Å². The molecule has 0 aliphatic rings. The largest absolute Gasteiger partial charge is 0.396 e. The summed E-state index contributed by atoms with van der Waals surface area (Å²) >= 11 is 0. The number of halogens is 3. The molecule has 8 heteroatoms. The number of nitrogens with two attached hydrogens (primary N) is 1. The summed E-state index contributed by atoms with van der Waals surface area (Å²) in [5, 5.41) is 4.53. The number of rotatable bonds is 4. The summed E-state index contributed by atoms with van der Waals surface area (Å²) in [6.07, 6.45) is 0.945. The topological polar surface area (TPSA) is 84.2 Å². The third-order valence-corrected chi connectivity index (χ3v) is 3.01. The summed E-state index contributed by atoms with van der Waals surface area (Å²) in [5.74, 6) is -4.31. The van der Waals surface area contributed by atoms with E-state index in [0.29, 0.717) is 6.07 Å². The SMILES string of the molecule is C=CC(=O)Nc1cc(NC(=O)c2cc(F)cc(F)c2N)ccc1F. The molecule has 0 saturated heterocycles. The first-order chi connectivity index (χ1) is 11.3. The minimum atomic E-state index is -1.07. The highest BCUT2D eigenvalue weighted by atomic mass is 19.1. The van der Waals surface area contributed by atoms with E-state index in [-0.39, 0.29) is 11.4 Å². The Labute approximate surface area is 135 Å². The lowest BCUT2D eigenvalue weighted by molar-refractivity contribution is -0.111. The lowest BCUT2D eigenvalue weighted by atomic mass is 10.1. The fourth-order valence-electron chi connectivity index (χ4n) is 1.85. The molecule has 0 atom stereocenters. The molecule has 2 rings (SSSR count). The second-order valence-corrected chi connectivity index (χ2v) is 4.69. The Bertz CT molecular complexity index is 838. The molecule has 2 amide bonds. The number of hydrogen-bond acceptors (Lipinski definition) is 3. The predicted molar refractivity (Wildman–Crippen MR) is 84.0 cm³/mol. The highest BCUT2D eigenvalue weighted by Gasteiger charge is 2.16. The average Bonchev–Trinajstić information content (AvgIpc) is 2.53. The van der Waals surface area contributed by atoms with Crippen LogP contribution in [0.15, 0.2) is 43.0 Å². The van der Waals surface area contributed by atoms with Gasteiger partial charge in [0.05, 0.1) is 16.9 Å². The minimum absolute atomic E-state index is 0.0878. The maximum Gasteiger partial charge on any atom is 0.257 e. The maximum absolute atomic E-state index is 13.6. The zero-order chi connectivity index (χ0) is 17.9. The summed E-state index contributed by atoms with van der Waals surface area (Å²) in [5.41, 5.74) is 4.38. The molecular formula is C16H12F3N3O2. The standard InChI is InChI=1S/C16H12F3N3O2/c1-2-14(23)22-13-7-9(3-4-11(13)18)21-16(24)10-5-8(17)6-12(19)15(10)20/h2-7H,1,20H2,(H,21,24)(H,22,23). The van der Waals surface area contributed by atoms with E-state index in [1.54, 1.807) is 0 Å². The van der Waals surface area contributed by atoms with Crippen molar-refractivity contribution in [1.29, 1.82) is 0 Å². The van der Waals surface area contributed by atoms with Crippen molar-refractivity contribution >= 4 is 28.9 Å². The summed E-state index contributed by atoms with van der Waals surface area (Å²) in [4.78, 5) is 23.3. The molecule has 0 bridgehead atoms. The van der Waals surface area contributed by atoms with Crippen molar-refractivity contribution in [2.75, 3.05) is 16.4 Å². The second-order valence-electron chi connectivity index (χ2n) is 4.69. The number of benzene rings is 2. The van der Waals surface area contributed by atoms with Gasteiger partial charge < -0.3 is 16.4 Å². The van der Waals surface area contributed by atoms with E-state index in [1.165, 1.54) is 6.07 Å². The van der Waals surface area contributed by atoms with E-state index in [0.717, 1.165) is 24.3 Å². The Kier molecular flexibility index (Phi) is 4.88. The van der Waals surface area contributed by atoms with E-state index in [1.807, 2.05) is 0 Å². The highest BCUT2D eigenvalue weighted by molar-refractivity contribution is 6.08. The Hall–Kier alpha value is -3.29. The van der Waals surface area contributed by atoms with Crippen molar-refractivity contribution in [2.45, 2.75) is 0 Å². The number of nitrogen functional groups attached to an aromatic ring is 1. The minimum Gasteiger partial charge on any atom is -0.396 e. The first kappa shape index (κ1) is 17.1. The zero-order valence-corrected chi connectivity index (χ0v) is 12.2. The van der Waals surface area contributed by atoms with Crippen LogP contribution in [0.3, 0.4) is 0 Å². The van der Waals surface area contributed by atoms with Crippen LogP contribution in [0.5, 0.6) is 0 Å². The molecule has 0 aliphatic heterocycles. The number of carbonyl (C=O) groups excluding carboxylic acids is 2. The van der Waals surface area contributed by atoms with Gasteiger partial charge >= 0.3 is 0 Å². The van der Waals surface area contributed by atoms with Crippen molar-refractivity contribution in [3.05, 3.63) is 66.0 Å². The molecule has 0 radical (unpaired) electrons. The van der Waals surface area contributed by atoms with Crippen LogP contribution in [0, 0.1) is 17.5 Å². The van der Waals surface area contributed by atoms with Crippen LogP contribution >= 0.6 is 0 Å². The van der Waals surface area contributed by atoms with Crippen molar-refractivity contribution in [3.63, 3.8) is 0 Å². The van der Waals surface area contributed by atoms with E-state index in [9.17, 15) is 22.8 Å². The average molecular weight is 335 g/mol. The van der Waals surface area contributed by atoms with Crippen LogP contribution in [0.2, 0.25) is 0 Å². The van der Waals surface area contributed by atoms with E-state index in [4.69, 9.17) is 5.73 Å². The number of hydrogen-bond donors (Lipinski definition) is 3. The van der Waals surface area contributed by atoms with Crippen molar-refractivity contribution in [3.8, 4) is 0 Å². The normalized spacial score (nSPS) is 10.1. The van der Waals surface area contributed by atoms with Gasteiger partial charge in [0.15, 0.2) is 0 Å². The third-order valence-electron chi connectivity index (χ3n) is 3.01. The molecule has 0 spiro atoms. The van der Waals surface area contributed by atoms with Gasteiger partial charge in [0.2, 0.25) is 5.91 Å². The van der Waals surface area contributed by atoms with Crippen molar-refractivity contribution < 1.29 is 22.8 Å². The summed E-state index contributed by atoms with van der Waals surface area (Å²) in [6.45, 7) is 3.23. The van der Waals surface area contributed by atoms with Gasteiger partial charge in [-0.1, -0.05) is 6.58 Å². The molecule has 4 N–H and O–H groups in total. The molecule has 0 fully saturated rings. The third kappa shape index (κ3) is 3.72. The number of anilines is 3. The monoisotopic (exact) mass is 335 g/mol. The predicted octanol–water partition coefficient (Wildman–Crippen LogP) is 3.06. The molecule has 5 nitrogen and oxygen atoms in total. The first-order valence-corrected chi connectivity index (χ1v) is 6.60. The highest BCUT2D eigenvalue weighted by Crippen LogP contribution is 2.23. The van der Waals surface area contributed by atoms with Gasteiger partial charge in [-0.2, -0.15) is 0 Å². The Morgan fingerprint density at radius 3 is 2.42 bits per heavy atom. The van der Waals surface area contributed by atoms with E-state index < -0.39 is 40.5 Å². The van der Waals surface area contributed by atoms with Gasteiger partial charge in [0.25, 0.3) is 5.91 Å². The Balaban J connectivity index is 2.28. The van der Waals surface area contributed by atoms with E-state index in [2.05, 4.69) is 17.2 Å². The van der Waals surface area contributed by atoms with Crippen molar-refractivity contribution in [1.82, 2.24) is 0 Å². The first-order valence-electron chi connectivity index (χ1n) is 6.60. The second kappa shape index (κ2) is 6.86. The van der Waals surface area contributed by atoms with Crippen LogP contribution in [0.25, 0.3) is 0 Å². The quantitative estimate of drug-likeness (QED) is 0.593.